The molecule has 0 radical (unpaired) electrons. The average molecular weight is 276 g/mol. The molecule has 0 bridgehead atoms. The fourth-order valence-electron chi connectivity index (χ4n) is 1.46. The standard InChI is InChI=1S/C11H12N6OS/c12-6-3-1-2-5(10(15)18)9(6)19-11-16-7(13)4-8(14)17-11/h1-4H,12H2,(H2,15,18)(H4,13,14,16,17). The van der Waals surface area contributed by atoms with Gasteiger partial charge in [-0.05, 0) is 23.9 Å². The van der Waals surface area contributed by atoms with Gasteiger partial charge in [-0.2, -0.15) is 0 Å². The van der Waals surface area contributed by atoms with Crippen LogP contribution in [0.3, 0.4) is 0 Å². The number of benzene rings is 1. The van der Waals surface area contributed by atoms with Crippen LogP contribution in [0.15, 0.2) is 34.3 Å². The second-order valence-electron chi connectivity index (χ2n) is 3.69. The monoisotopic (exact) mass is 276 g/mol. The van der Waals surface area contributed by atoms with Crippen LogP contribution in [-0.2, 0) is 0 Å². The zero-order chi connectivity index (χ0) is 14.0. The molecule has 8 heteroatoms. The number of carbonyl (C=O) groups excluding carboxylic acids is 1. The summed E-state index contributed by atoms with van der Waals surface area (Å²) < 4.78 is 0. The van der Waals surface area contributed by atoms with E-state index in [1.807, 2.05) is 0 Å². The fraction of sp³-hybridized carbons (Fsp3) is 0. The van der Waals surface area contributed by atoms with Gasteiger partial charge in [0.25, 0.3) is 0 Å². The normalized spacial score (nSPS) is 10.3. The highest BCUT2D eigenvalue weighted by Crippen LogP contribution is 2.33. The molecule has 0 aliphatic rings. The second kappa shape index (κ2) is 5.02. The van der Waals surface area contributed by atoms with Crippen LogP contribution in [0.4, 0.5) is 17.3 Å². The van der Waals surface area contributed by atoms with Gasteiger partial charge in [0.05, 0.1) is 10.5 Å². The number of aromatic nitrogens is 2. The molecule has 1 aromatic heterocycles. The molecule has 2 rings (SSSR count). The maximum Gasteiger partial charge on any atom is 0.249 e. The van der Waals surface area contributed by atoms with Gasteiger partial charge in [0.1, 0.15) is 11.6 Å². The molecular formula is C11H12N6OS. The average Bonchev–Trinajstić information content (AvgIpc) is 2.30. The lowest BCUT2D eigenvalue weighted by atomic mass is 10.2. The minimum Gasteiger partial charge on any atom is -0.398 e. The zero-order valence-electron chi connectivity index (χ0n) is 9.83. The maximum atomic E-state index is 11.4. The molecule has 0 saturated heterocycles. The third-order valence-electron chi connectivity index (χ3n) is 2.25. The van der Waals surface area contributed by atoms with Crippen molar-refractivity contribution in [2.45, 2.75) is 10.1 Å². The Morgan fingerprint density at radius 3 is 2.32 bits per heavy atom. The molecule has 1 amide bonds. The molecule has 8 N–H and O–H groups in total. The lowest BCUT2D eigenvalue weighted by Gasteiger charge is -2.09. The quantitative estimate of drug-likeness (QED) is 0.470. The molecule has 0 atom stereocenters. The van der Waals surface area contributed by atoms with Crippen molar-refractivity contribution in [3.63, 3.8) is 0 Å². The molecule has 0 saturated carbocycles. The summed E-state index contributed by atoms with van der Waals surface area (Å²) in [6, 6.07) is 6.32. The predicted octanol–water partition coefficient (Wildman–Crippen LogP) is 0.473. The van der Waals surface area contributed by atoms with Crippen LogP contribution in [0.25, 0.3) is 0 Å². The molecule has 0 unspecified atom stereocenters. The first-order valence-electron chi connectivity index (χ1n) is 5.23. The van der Waals surface area contributed by atoms with Gasteiger partial charge in [0.15, 0.2) is 5.16 Å². The lowest BCUT2D eigenvalue weighted by molar-refractivity contribution is 0.0997. The largest absolute Gasteiger partial charge is 0.398 e. The number of amides is 1. The molecule has 0 fully saturated rings. The van der Waals surface area contributed by atoms with Gasteiger partial charge < -0.3 is 22.9 Å². The Labute approximate surface area is 113 Å². The first kappa shape index (κ1) is 13.0. The van der Waals surface area contributed by atoms with Crippen LogP contribution in [0.2, 0.25) is 0 Å². The van der Waals surface area contributed by atoms with E-state index in [0.717, 1.165) is 11.8 Å². The number of nitrogens with two attached hydrogens (primary N) is 4. The van der Waals surface area contributed by atoms with Gasteiger partial charge >= 0.3 is 0 Å². The lowest BCUT2D eigenvalue weighted by Crippen LogP contribution is -2.13. The van der Waals surface area contributed by atoms with Gasteiger partial charge in [-0.15, -0.1) is 0 Å². The van der Waals surface area contributed by atoms with E-state index in [-0.39, 0.29) is 11.6 Å². The van der Waals surface area contributed by atoms with Crippen LogP contribution in [0, 0.1) is 0 Å². The van der Waals surface area contributed by atoms with E-state index < -0.39 is 5.91 Å². The van der Waals surface area contributed by atoms with E-state index in [0.29, 0.717) is 21.3 Å². The molecule has 2 aromatic rings. The summed E-state index contributed by atoms with van der Waals surface area (Å²) in [4.78, 5) is 19.9. The number of anilines is 3. The second-order valence-corrected chi connectivity index (χ2v) is 4.67. The Balaban J connectivity index is 2.45. The van der Waals surface area contributed by atoms with Gasteiger partial charge in [0, 0.05) is 11.8 Å². The number of hydrogen-bond donors (Lipinski definition) is 4. The molecule has 0 spiro atoms. The van der Waals surface area contributed by atoms with E-state index in [4.69, 9.17) is 22.9 Å². The van der Waals surface area contributed by atoms with Crippen LogP contribution in [-0.4, -0.2) is 15.9 Å². The van der Waals surface area contributed by atoms with Crippen molar-refractivity contribution in [3.8, 4) is 0 Å². The van der Waals surface area contributed by atoms with E-state index in [2.05, 4.69) is 9.97 Å². The van der Waals surface area contributed by atoms with Gasteiger partial charge in [-0.25, -0.2) is 9.97 Å². The highest BCUT2D eigenvalue weighted by atomic mass is 32.2. The van der Waals surface area contributed by atoms with Gasteiger partial charge in [0.2, 0.25) is 5.91 Å². The summed E-state index contributed by atoms with van der Waals surface area (Å²) in [6.45, 7) is 0. The van der Waals surface area contributed by atoms with Crippen molar-refractivity contribution in [2.24, 2.45) is 5.73 Å². The SMILES string of the molecule is NC(=O)c1cccc(N)c1Sc1nc(N)cc(N)n1. The highest BCUT2D eigenvalue weighted by molar-refractivity contribution is 7.99. The summed E-state index contributed by atoms with van der Waals surface area (Å²) in [5.74, 6) is -0.0954. The van der Waals surface area contributed by atoms with Gasteiger partial charge in [-0.3, -0.25) is 4.79 Å². The number of rotatable bonds is 3. The Morgan fingerprint density at radius 1 is 1.11 bits per heavy atom. The minimum atomic E-state index is -0.577. The fourth-order valence-corrected chi connectivity index (χ4v) is 2.41. The number of carbonyl (C=O) groups is 1. The van der Waals surface area contributed by atoms with Crippen molar-refractivity contribution in [1.29, 1.82) is 0 Å². The number of nitrogens with zero attached hydrogens (tertiary/aromatic N) is 2. The minimum absolute atomic E-state index is 0.241. The smallest absolute Gasteiger partial charge is 0.249 e. The summed E-state index contributed by atoms with van der Waals surface area (Å²) in [6.07, 6.45) is 0. The number of nitrogen functional groups attached to an aromatic ring is 3. The summed E-state index contributed by atoms with van der Waals surface area (Å²) in [7, 11) is 0. The summed E-state index contributed by atoms with van der Waals surface area (Å²) >= 11 is 1.09. The van der Waals surface area contributed by atoms with E-state index in [1.165, 1.54) is 6.07 Å². The topological polar surface area (TPSA) is 147 Å². The Kier molecular flexibility index (Phi) is 3.43. The summed E-state index contributed by atoms with van der Waals surface area (Å²) in [5, 5.41) is 0.304. The van der Waals surface area contributed by atoms with Crippen molar-refractivity contribution >= 4 is 35.0 Å². The molecule has 0 aliphatic carbocycles. The molecular weight excluding hydrogens is 264 g/mol. The molecule has 1 aromatic carbocycles. The van der Waals surface area contributed by atoms with E-state index in [9.17, 15) is 4.79 Å². The van der Waals surface area contributed by atoms with Crippen molar-refractivity contribution < 1.29 is 4.79 Å². The molecule has 1 heterocycles. The van der Waals surface area contributed by atoms with Crippen LogP contribution < -0.4 is 22.9 Å². The molecule has 98 valence electrons. The van der Waals surface area contributed by atoms with Crippen molar-refractivity contribution in [1.82, 2.24) is 9.97 Å². The Bertz CT molecular complexity index is 625. The van der Waals surface area contributed by atoms with E-state index >= 15 is 0 Å². The Morgan fingerprint density at radius 2 is 1.74 bits per heavy atom. The van der Waals surface area contributed by atoms with Gasteiger partial charge in [-0.1, -0.05) is 6.07 Å². The third kappa shape index (κ3) is 2.86. The zero-order valence-corrected chi connectivity index (χ0v) is 10.6. The molecule has 7 nitrogen and oxygen atoms in total. The highest BCUT2D eigenvalue weighted by Gasteiger charge is 2.14. The number of primary amides is 1. The predicted molar refractivity (Wildman–Crippen MR) is 74.4 cm³/mol. The van der Waals surface area contributed by atoms with Crippen molar-refractivity contribution in [3.05, 3.63) is 29.8 Å². The van der Waals surface area contributed by atoms with Crippen LogP contribution in [0.1, 0.15) is 10.4 Å². The molecule has 19 heavy (non-hydrogen) atoms. The summed E-state index contributed by atoms with van der Waals surface area (Å²) in [5.41, 5.74) is 23.0. The van der Waals surface area contributed by atoms with Crippen LogP contribution in [0.5, 0.6) is 0 Å². The Hall–Kier alpha value is -2.48. The first-order valence-corrected chi connectivity index (χ1v) is 6.05. The molecule has 0 aliphatic heterocycles. The van der Waals surface area contributed by atoms with E-state index in [1.54, 1.807) is 18.2 Å². The number of hydrogen-bond acceptors (Lipinski definition) is 7. The van der Waals surface area contributed by atoms with Crippen LogP contribution >= 0.6 is 11.8 Å². The van der Waals surface area contributed by atoms with Crippen molar-refractivity contribution in [2.75, 3.05) is 17.2 Å². The maximum absolute atomic E-state index is 11.4. The first-order chi connectivity index (χ1) is 8.97. The third-order valence-corrected chi connectivity index (χ3v) is 3.27.